The zero-order valence-electron chi connectivity index (χ0n) is 14.0. The van der Waals surface area contributed by atoms with E-state index in [0.717, 1.165) is 0 Å². The van der Waals surface area contributed by atoms with E-state index < -0.39 is 0 Å². The fourth-order valence-corrected chi connectivity index (χ4v) is 0.807. The molecule has 0 saturated heterocycles. The van der Waals surface area contributed by atoms with E-state index in [1.54, 1.807) is 13.8 Å². The average molecular weight is 342 g/mol. The van der Waals surface area contributed by atoms with E-state index in [9.17, 15) is 9.59 Å². The fourth-order valence-electron chi connectivity index (χ4n) is 0.807. The fraction of sp³-hybridized carbons (Fsp3) is 0.857. The molecule has 0 aliphatic carbocycles. The van der Waals surface area contributed by atoms with Crippen molar-refractivity contribution in [3.05, 3.63) is 0 Å². The Hall–Kier alpha value is -1.26. The number of hydrogen-bond donors (Lipinski definition) is 2. The van der Waals surface area contributed by atoms with Crippen LogP contribution in [-0.2, 0) is 33.3 Å². The zero-order valence-corrected chi connectivity index (χ0v) is 14.0. The smallest absolute Gasteiger partial charge is 0.293 e. The summed E-state index contributed by atoms with van der Waals surface area (Å²) in [5.41, 5.74) is 0. The summed E-state index contributed by atoms with van der Waals surface area (Å²) in [6.07, 6.45) is 0. The molecule has 0 atom stereocenters. The number of carbonyl (C=O) groups is 2. The molecular formula is C14H30O9. The molecule has 0 bridgehead atoms. The largest absolute Gasteiger partial charge is 0.468 e. The lowest BCUT2D eigenvalue weighted by molar-refractivity contribution is -0.129. The van der Waals surface area contributed by atoms with Crippen molar-refractivity contribution >= 4 is 12.9 Å². The number of aliphatic hydroxyl groups excluding tert-OH is 2. The van der Waals surface area contributed by atoms with Crippen LogP contribution in [0.4, 0.5) is 0 Å². The van der Waals surface area contributed by atoms with E-state index in [0.29, 0.717) is 65.8 Å². The van der Waals surface area contributed by atoms with Crippen molar-refractivity contribution in [2.24, 2.45) is 0 Å². The number of hydrogen-bond acceptors (Lipinski definition) is 9. The van der Waals surface area contributed by atoms with Crippen molar-refractivity contribution in [3.63, 3.8) is 0 Å². The molecule has 140 valence electrons. The summed E-state index contributed by atoms with van der Waals surface area (Å²) < 4.78 is 23.3. The Kier molecular flexibility index (Phi) is 37.8. The quantitative estimate of drug-likeness (QED) is 0.314. The molecule has 0 saturated carbocycles. The van der Waals surface area contributed by atoms with Crippen LogP contribution in [0.15, 0.2) is 0 Å². The molecule has 0 aromatic carbocycles. The van der Waals surface area contributed by atoms with Gasteiger partial charge in [0, 0.05) is 0 Å². The van der Waals surface area contributed by atoms with Gasteiger partial charge in [-0.3, -0.25) is 9.59 Å². The molecular weight excluding hydrogens is 312 g/mol. The van der Waals surface area contributed by atoms with Gasteiger partial charge < -0.3 is 33.9 Å². The second kappa shape index (κ2) is 32.6. The maximum absolute atomic E-state index is 9.18. The molecule has 0 amide bonds. The van der Waals surface area contributed by atoms with Crippen molar-refractivity contribution in [2.75, 3.05) is 66.1 Å². The van der Waals surface area contributed by atoms with Gasteiger partial charge in [0.2, 0.25) is 0 Å². The maximum atomic E-state index is 9.18. The summed E-state index contributed by atoms with van der Waals surface area (Å²) in [6, 6.07) is 0. The summed E-state index contributed by atoms with van der Waals surface area (Å²) in [5.74, 6) is 0. The monoisotopic (exact) mass is 342 g/mol. The molecule has 9 heteroatoms. The van der Waals surface area contributed by atoms with Crippen LogP contribution in [0.25, 0.3) is 0 Å². The zero-order chi connectivity index (χ0) is 18.0. The van der Waals surface area contributed by atoms with E-state index in [1.165, 1.54) is 0 Å². The molecule has 0 aliphatic heterocycles. The van der Waals surface area contributed by atoms with Crippen LogP contribution in [0.2, 0.25) is 0 Å². The Labute approximate surface area is 137 Å². The summed E-state index contributed by atoms with van der Waals surface area (Å²) in [6.45, 7) is 8.09. The Bertz CT molecular complexity index is 183. The van der Waals surface area contributed by atoms with Crippen LogP contribution in [0.3, 0.4) is 0 Å². The molecule has 0 rings (SSSR count). The van der Waals surface area contributed by atoms with Crippen molar-refractivity contribution in [2.45, 2.75) is 13.8 Å². The summed E-state index contributed by atoms with van der Waals surface area (Å²) in [4.78, 5) is 18.4. The molecule has 0 aromatic rings. The van der Waals surface area contributed by atoms with Crippen LogP contribution >= 0.6 is 0 Å². The molecule has 0 heterocycles. The van der Waals surface area contributed by atoms with Gasteiger partial charge in [0.25, 0.3) is 12.9 Å². The van der Waals surface area contributed by atoms with Gasteiger partial charge in [-0.1, -0.05) is 0 Å². The highest BCUT2D eigenvalue weighted by Crippen LogP contribution is 1.80. The number of ether oxygens (including phenoxy) is 5. The standard InChI is InChI=1S/C8H18O5.2C3H6O2/c9-1-3-11-5-7-13-8-6-12-4-2-10;2*1-2-5-3-4/h9-10H,1-8H2;2*3H,2H2,1H3. The minimum absolute atomic E-state index is 0.0413. The normalized spacial score (nSPS) is 8.87. The second-order valence-corrected chi connectivity index (χ2v) is 3.39. The number of aliphatic hydroxyl groups is 2. The lowest BCUT2D eigenvalue weighted by Gasteiger charge is -2.04. The summed E-state index contributed by atoms with van der Waals surface area (Å²) >= 11 is 0. The van der Waals surface area contributed by atoms with Gasteiger partial charge in [0.15, 0.2) is 0 Å². The Morgan fingerprint density at radius 1 is 0.652 bits per heavy atom. The minimum Gasteiger partial charge on any atom is -0.468 e. The van der Waals surface area contributed by atoms with Crippen molar-refractivity contribution in [1.29, 1.82) is 0 Å². The molecule has 0 unspecified atom stereocenters. The average Bonchev–Trinajstić information content (AvgIpc) is 2.56. The van der Waals surface area contributed by atoms with E-state index >= 15 is 0 Å². The van der Waals surface area contributed by atoms with E-state index in [2.05, 4.69) is 9.47 Å². The molecule has 2 N–H and O–H groups in total. The SMILES string of the molecule is CCOC=O.CCOC=O.OCCOCCOCCOCCO. The first-order chi connectivity index (χ1) is 11.2. The van der Waals surface area contributed by atoms with Gasteiger partial charge in [-0.05, 0) is 13.8 Å². The molecule has 0 aromatic heterocycles. The highest BCUT2D eigenvalue weighted by molar-refractivity contribution is 5.36. The second-order valence-electron chi connectivity index (χ2n) is 3.39. The molecule has 23 heavy (non-hydrogen) atoms. The van der Waals surface area contributed by atoms with Crippen LogP contribution in [0.5, 0.6) is 0 Å². The Morgan fingerprint density at radius 2 is 0.957 bits per heavy atom. The van der Waals surface area contributed by atoms with Crippen molar-refractivity contribution in [3.8, 4) is 0 Å². The molecule has 0 aliphatic rings. The van der Waals surface area contributed by atoms with Crippen molar-refractivity contribution in [1.82, 2.24) is 0 Å². The lowest BCUT2D eigenvalue weighted by Crippen LogP contribution is -2.11. The predicted molar refractivity (Wildman–Crippen MR) is 82.0 cm³/mol. The van der Waals surface area contributed by atoms with Crippen LogP contribution in [-0.4, -0.2) is 89.2 Å². The highest BCUT2D eigenvalue weighted by atomic mass is 16.5. The van der Waals surface area contributed by atoms with Crippen LogP contribution in [0.1, 0.15) is 13.8 Å². The van der Waals surface area contributed by atoms with Gasteiger partial charge in [-0.2, -0.15) is 0 Å². The Morgan fingerprint density at radius 3 is 1.13 bits per heavy atom. The van der Waals surface area contributed by atoms with Crippen LogP contribution in [0, 0.1) is 0 Å². The minimum atomic E-state index is 0.0413. The Balaban J connectivity index is -0.000000329. The predicted octanol–water partition coefficient (Wildman–Crippen LogP) is -0.621. The molecule has 0 fully saturated rings. The topological polar surface area (TPSA) is 121 Å². The molecule has 0 spiro atoms. The first-order valence-corrected chi connectivity index (χ1v) is 7.30. The highest BCUT2D eigenvalue weighted by Gasteiger charge is 1.89. The van der Waals surface area contributed by atoms with Crippen molar-refractivity contribution < 1.29 is 43.5 Å². The third-order valence-electron chi connectivity index (χ3n) is 1.68. The van der Waals surface area contributed by atoms with E-state index in [1.807, 2.05) is 0 Å². The van der Waals surface area contributed by atoms with Gasteiger partial charge in [-0.15, -0.1) is 0 Å². The first kappa shape index (κ1) is 26.6. The summed E-state index contributed by atoms with van der Waals surface area (Å²) in [5, 5.41) is 16.7. The molecule has 9 nitrogen and oxygen atoms in total. The van der Waals surface area contributed by atoms with Gasteiger partial charge in [-0.25, -0.2) is 0 Å². The molecule has 0 radical (unpaired) electrons. The third-order valence-corrected chi connectivity index (χ3v) is 1.68. The lowest BCUT2D eigenvalue weighted by atomic mass is 10.7. The maximum Gasteiger partial charge on any atom is 0.293 e. The van der Waals surface area contributed by atoms with E-state index in [4.69, 9.17) is 24.4 Å². The van der Waals surface area contributed by atoms with E-state index in [-0.39, 0.29) is 13.2 Å². The van der Waals surface area contributed by atoms with Gasteiger partial charge in [0.05, 0.1) is 66.1 Å². The number of carbonyl (C=O) groups excluding carboxylic acids is 2. The van der Waals surface area contributed by atoms with Gasteiger partial charge >= 0.3 is 0 Å². The number of rotatable bonds is 14. The summed E-state index contributed by atoms with van der Waals surface area (Å²) in [7, 11) is 0. The van der Waals surface area contributed by atoms with Crippen LogP contribution < -0.4 is 0 Å². The van der Waals surface area contributed by atoms with Gasteiger partial charge in [0.1, 0.15) is 0 Å². The first-order valence-electron chi connectivity index (χ1n) is 7.30. The third kappa shape index (κ3) is 44.9.